The van der Waals surface area contributed by atoms with Crippen molar-refractivity contribution in [1.29, 1.82) is 0 Å². The van der Waals surface area contributed by atoms with Crippen LogP contribution in [0, 0.1) is 5.92 Å². The van der Waals surface area contributed by atoms with Crippen LogP contribution in [0.3, 0.4) is 0 Å². The lowest BCUT2D eigenvalue weighted by Gasteiger charge is -2.42. The molecule has 4 aromatic rings. The second kappa shape index (κ2) is 22.3. The zero-order valence-corrected chi connectivity index (χ0v) is 42.1. The quantitative estimate of drug-likeness (QED) is 0.0225. The third kappa shape index (κ3) is 12.3. The number of aromatic nitrogens is 1. The first-order chi connectivity index (χ1) is 34.3. The van der Waals surface area contributed by atoms with Crippen molar-refractivity contribution < 1.29 is 24.3 Å². The maximum absolute atomic E-state index is 13.2. The van der Waals surface area contributed by atoms with E-state index in [9.17, 15) is 24.3 Å². The first-order valence-corrected chi connectivity index (χ1v) is 26.6. The normalized spacial score (nSPS) is 23.5. The Bertz CT molecular complexity index is 2590. The van der Waals surface area contributed by atoms with Gasteiger partial charge in [0.05, 0.1) is 5.37 Å². The number of aliphatic hydroxyl groups excluding tert-OH is 1. The van der Waals surface area contributed by atoms with Crippen molar-refractivity contribution in [2.45, 2.75) is 137 Å². The van der Waals surface area contributed by atoms with Gasteiger partial charge in [-0.05, 0) is 168 Å². The molecule has 5 aliphatic rings. The van der Waals surface area contributed by atoms with Gasteiger partial charge in [0.1, 0.15) is 11.7 Å². The Morgan fingerprint density at radius 3 is 2.42 bits per heavy atom. The summed E-state index contributed by atoms with van der Waals surface area (Å²) in [6, 6.07) is 25.9. The maximum Gasteiger partial charge on any atom is 0.255 e. The number of likely N-dealkylation sites (tertiary alicyclic amines) is 1. The zero-order chi connectivity index (χ0) is 49.6. The molecule has 6 N–H and O–H groups in total. The van der Waals surface area contributed by atoms with E-state index in [-0.39, 0.29) is 34.9 Å². The molecule has 3 saturated heterocycles. The number of carbonyl (C=O) groups is 4. The van der Waals surface area contributed by atoms with Crippen LogP contribution in [-0.2, 0) is 22.6 Å². The summed E-state index contributed by atoms with van der Waals surface area (Å²) in [6.07, 6.45) is 15.2. The molecule has 71 heavy (non-hydrogen) atoms. The van der Waals surface area contributed by atoms with Crippen molar-refractivity contribution in [2.24, 2.45) is 11.7 Å². The molecule has 4 fully saturated rings. The molecule has 1 saturated carbocycles. The Labute approximate surface area is 423 Å². The maximum atomic E-state index is 13.2. The Balaban J connectivity index is 0.683. The molecule has 9 rings (SSSR count). The number of benzene rings is 3. The second-order valence-electron chi connectivity index (χ2n) is 20.7. The highest BCUT2D eigenvalue weighted by Crippen LogP contribution is 2.36. The predicted molar refractivity (Wildman–Crippen MR) is 281 cm³/mol. The van der Waals surface area contributed by atoms with Gasteiger partial charge in [-0.2, -0.15) is 0 Å². The zero-order valence-electron chi connectivity index (χ0n) is 41.3. The van der Waals surface area contributed by atoms with Crippen LogP contribution in [0.2, 0.25) is 0 Å². The van der Waals surface area contributed by atoms with Gasteiger partial charge >= 0.3 is 0 Å². The number of nitrogens with one attached hydrogen (secondary N) is 3. The van der Waals surface area contributed by atoms with E-state index < -0.39 is 18.2 Å². The van der Waals surface area contributed by atoms with Gasteiger partial charge in [-0.15, -0.1) is 6.58 Å². The highest BCUT2D eigenvalue weighted by molar-refractivity contribution is 8.00. The molecule has 374 valence electrons. The van der Waals surface area contributed by atoms with E-state index in [1.54, 1.807) is 22.7 Å². The van der Waals surface area contributed by atoms with Gasteiger partial charge in [0.15, 0.2) is 12.0 Å². The summed E-state index contributed by atoms with van der Waals surface area (Å²) < 4.78 is 0. The van der Waals surface area contributed by atoms with E-state index >= 15 is 0 Å². The van der Waals surface area contributed by atoms with Crippen molar-refractivity contribution in [3.8, 4) is 0 Å². The third-order valence-electron chi connectivity index (χ3n) is 15.7. The standard InChI is InChI=1S/C57H70N8O5S/c1-4-53(60-34-37(2)39-20-26-57(3,58)27-21-39)71-47-7-5-6-44(33-47)61-54(68)41-10-13-45(14-11-41)64-30-24-46(25-31-64)63-28-22-40(23-29-63)42-12-16-49(59-35-42)51(66)18-9-38-8-15-48-43(32-38)36-65(56(48)70)50-17-19-52(67)62-55(50)69/h4-8,10-16,32-35,39-40,46,50,53-54,60-61,68H,1,9,17-31,36,58H2,2-3H3,(H,62,67,69)/b37-34+. The van der Waals surface area contributed by atoms with Crippen molar-refractivity contribution in [3.63, 3.8) is 0 Å². The van der Waals surface area contributed by atoms with Gasteiger partial charge < -0.3 is 36.2 Å². The molecule has 0 radical (unpaired) electrons. The van der Waals surface area contributed by atoms with Crippen LogP contribution in [0.5, 0.6) is 0 Å². The molecule has 5 heterocycles. The molecule has 3 unspecified atom stereocenters. The molecule has 4 aliphatic heterocycles. The van der Waals surface area contributed by atoms with Crippen LogP contribution in [-0.4, -0.2) is 92.6 Å². The lowest BCUT2D eigenvalue weighted by Crippen LogP contribution is -2.52. The minimum Gasteiger partial charge on any atom is -0.376 e. The van der Waals surface area contributed by atoms with Crippen LogP contribution >= 0.6 is 11.8 Å². The lowest BCUT2D eigenvalue weighted by atomic mass is 9.76. The van der Waals surface area contributed by atoms with Crippen molar-refractivity contribution in [3.05, 3.63) is 143 Å². The number of pyridine rings is 1. The van der Waals surface area contributed by atoms with E-state index in [2.05, 4.69) is 87.7 Å². The topological polar surface area (TPSA) is 173 Å². The highest BCUT2D eigenvalue weighted by Gasteiger charge is 2.39. The summed E-state index contributed by atoms with van der Waals surface area (Å²) in [6.45, 7) is 12.8. The summed E-state index contributed by atoms with van der Waals surface area (Å²) in [7, 11) is 0. The molecular weight excluding hydrogens is 909 g/mol. The van der Waals surface area contributed by atoms with Crippen LogP contribution in [0.1, 0.15) is 140 Å². The summed E-state index contributed by atoms with van der Waals surface area (Å²) in [5, 5.41) is 20.4. The van der Waals surface area contributed by atoms with Gasteiger partial charge in [-0.25, -0.2) is 0 Å². The van der Waals surface area contributed by atoms with E-state index in [4.69, 9.17) is 5.73 Å². The second-order valence-corrected chi connectivity index (χ2v) is 22.0. The highest BCUT2D eigenvalue weighted by atomic mass is 32.2. The van der Waals surface area contributed by atoms with E-state index in [1.807, 2.05) is 54.7 Å². The fourth-order valence-electron chi connectivity index (χ4n) is 11.2. The summed E-state index contributed by atoms with van der Waals surface area (Å²) in [4.78, 5) is 62.7. The number of rotatable bonds is 17. The molecular formula is C57H70N8O5S. The van der Waals surface area contributed by atoms with Crippen LogP contribution in [0.15, 0.2) is 114 Å². The van der Waals surface area contributed by atoms with Crippen LogP contribution < -0.4 is 26.6 Å². The number of allylic oxidation sites excluding steroid dienone is 1. The van der Waals surface area contributed by atoms with Crippen LogP contribution in [0.4, 0.5) is 11.4 Å². The fraction of sp³-hybridized carbons (Fsp3) is 0.456. The fourth-order valence-corrected chi connectivity index (χ4v) is 12.1. The molecule has 3 atom stereocenters. The number of aryl methyl sites for hydroxylation is 1. The van der Waals surface area contributed by atoms with Crippen molar-refractivity contribution in [1.82, 2.24) is 25.4 Å². The first-order valence-electron chi connectivity index (χ1n) is 25.7. The number of hydrogen-bond donors (Lipinski definition) is 5. The molecule has 0 spiro atoms. The van der Waals surface area contributed by atoms with Crippen molar-refractivity contribution in [2.75, 3.05) is 36.4 Å². The number of thioether (sulfide) groups is 1. The number of Topliss-reactive ketones (excluding diaryl/α,β-unsaturated/α-hetero) is 1. The Morgan fingerprint density at radius 2 is 1.72 bits per heavy atom. The number of anilines is 2. The average Bonchev–Trinajstić information content (AvgIpc) is 3.71. The summed E-state index contributed by atoms with van der Waals surface area (Å²) in [5.41, 5.74) is 14.6. The number of piperidine rings is 3. The van der Waals surface area contributed by atoms with Gasteiger partial charge in [0.2, 0.25) is 11.8 Å². The van der Waals surface area contributed by atoms with Gasteiger partial charge in [-0.3, -0.25) is 29.5 Å². The van der Waals surface area contributed by atoms with Crippen LogP contribution in [0.25, 0.3) is 0 Å². The van der Waals surface area contributed by atoms with Crippen molar-refractivity contribution >= 4 is 46.6 Å². The minimum absolute atomic E-state index is 0.0112. The largest absolute Gasteiger partial charge is 0.376 e. The molecule has 14 heteroatoms. The molecule has 1 aliphatic carbocycles. The molecule has 0 bridgehead atoms. The number of fused-ring (bicyclic) bond motifs is 1. The number of ketones is 1. The number of carbonyl (C=O) groups excluding carboxylic acids is 4. The predicted octanol–water partition coefficient (Wildman–Crippen LogP) is 8.61. The van der Waals surface area contributed by atoms with Gasteiger partial charge in [-0.1, -0.05) is 59.8 Å². The SMILES string of the molecule is C=CC(N/C=C(\C)C1CCC(C)(N)CC1)Sc1cccc(NC(O)c2ccc(N3CCC(N4CCC(c5ccc(C(=O)CCc6ccc7c(c6)CN(C6CCC(=O)NC6=O)C7=O)nc5)CC4)CC3)cc2)c1. The summed E-state index contributed by atoms with van der Waals surface area (Å²) in [5.74, 6) is 0.0375. The summed E-state index contributed by atoms with van der Waals surface area (Å²) >= 11 is 1.69. The number of nitrogens with two attached hydrogens (primary N) is 1. The first kappa shape index (κ1) is 50.2. The molecule has 3 amide bonds. The number of nitrogens with zero attached hydrogens (tertiary/aromatic N) is 4. The van der Waals surface area contributed by atoms with E-state index in [0.29, 0.717) is 54.9 Å². The number of amides is 3. The molecule has 1 aromatic heterocycles. The number of hydrogen-bond acceptors (Lipinski definition) is 12. The van der Waals surface area contributed by atoms with E-state index in [1.165, 1.54) is 16.8 Å². The monoisotopic (exact) mass is 979 g/mol. The number of imide groups is 1. The smallest absolute Gasteiger partial charge is 0.255 e. The van der Waals surface area contributed by atoms with Gasteiger partial charge in [0, 0.05) is 77.7 Å². The minimum atomic E-state index is -0.841. The lowest BCUT2D eigenvalue weighted by molar-refractivity contribution is -0.136. The van der Waals surface area contributed by atoms with Gasteiger partial charge in [0.25, 0.3) is 5.91 Å². The molecule has 3 aromatic carbocycles. The number of aliphatic hydroxyl groups is 1. The Morgan fingerprint density at radius 1 is 0.958 bits per heavy atom. The third-order valence-corrected chi connectivity index (χ3v) is 16.8. The average molecular weight is 979 g/mol. The Hall–Kier alpha value is -5.80. The Kier molecular flexibility index (Phi) is 15.8. The molecule has 13 nitrogen and oxygen atoms in total. The van der Waals surface area contributed by atoms with E-state index in [0.717, 1.165) is 105 Å².